The van der Waals surface area contributed by atoms with Gasteiger partial charge in [-0.1, -0.05) is 36.4 Å². The molecule has 1 saturated heterocycles. The summed E-state index contributed by atoms with van der Waals surface area (Å²) in [7, 11) is 1.54. The number of carbonyl (C=O) groups excluding carboxylic acids is 2. The molecule has 1 aliphatic rings. The fraction of sp³-hybridized carbons (Fsp3) is 0.300. The quantitative estimate of drug-likeness (QED) is 0.785. The van der Waals surface area contributed by atoms with Crippen LogP contribution in [0, 0.1) is 0 Å². The fourth-order valence-corrected chi connectivity index (χ4v) is 2.92. The molecule has 0 bridgehead atoms. The number of carbonyl (C=O) groups is 2. The maximum Gasteiger partial charge on any atom is 0.339 e. The van der Waals surface area contributed by atoms with Crippen molar-refractivity contribution in [2.45, 2.75) is 18.9 Å². The third-order valence-electron chi connectivity index (χ3n) is 4.27. The van der Waals surface area contributed by atoms with Gasteiger partial charge in [-0.25, -0.2) is 4.79 Å². The maximum atomic E-state index is 12.9. The van der Waals surface area contributed by atoms with E-state index in [1.54, 1.807) is 41.3 Å². The van der Waals surface area contributed by atoms with Crippen molar-refractivity contribution < 1.29 is 19.1 Å². The molecule has 0 spiro atoms. The Labute approximate surface area is 147 Å². The summed E-state index contributed by atoms with van der Waals surface area (Å²) in [4.78, 5) is 27.2. The molecule has 1 atom stereocenters. The van der Waals surface area contributed by atoms with E-state index in [4.69, 9.17) is 9.47 Å². The predicted octanol–water partition coefficient (Wildman–Crippen LogP) is 3.22. The van der Waals surface area contributed by atoms with Gasteiger partial charge in [-0.2, -0.15) is 0 Å². The zero-order valence-electron chi connectivity index (χ0n) is 14.2. The van der Waals surface area contributed by atoms with E-state index in [0.717, 1.165) is 12.8 Å². The van der Waals surface area contributed by atoms with Crippen molar-refractivity contribution in [3.63, 3.8) is 0 Å². The second-order valence-electron chi connectivity index (χ2n) is 5.96. The zero-order chi connectivity index (χ0) is 17.6. The predicted molar refractivity (Wildman–Crippen MR) is 93.4 cm³/mol. The van der Waals surface area contributed by atoms with E-state index in [-0.39, 0.29) is 5.91 Å². The molecule has 5 nitrogen and oxygen atoms in total. The molecule has 0 aliphatic carbocycles. The summed E-state index contributed by atoms with van der Waals surface area (Å²) >= 11 is 0. The smallest absolute Gasteiger partial charge is 0.339 e. The first-order valence-corrected chi connectivity index (χ1v) is 8.38. The minimum atomic E-state index is -0.932. The van der Waals surface area contributed by atoms with Crippen molar-refractivity contribution >= 4 is 11.9 Å². The summed E-state index contributed by atoms with van der Waals surface area (Å²) in [5.74, 6) is -0.142. The molecular weight excluding hydrogens is 318 g/mol. The first kappa shape index (κ1) is 17.0. The van der Waals surface area contributed by atoms with E-state index in [1.807, 2.05) is 18.2 Å². The van der Waals surface area contributed by atoms with Crippen LogP contribution in [0.5, 0.6) is 5.75 Å². The number of benzene rings is 2. The van der Waals surface area contributed by atoms with E-state index in [1.165, 1.54) is 7.11 Å². The number of nitrogens with zero attached hydrogens (tertiary/aromatic N) is 1. The highest BCUT2D eigenvalue weighted by Crippen LogP contribution is 2.25. The number of hydrogen-bond donors (Lipinski definition) is 0. The lowest BCUT2D eigenvalue weighted by atomic mass is 10.1. The lowest BCUT2D eigenvalue weighted by molar-refractivity contribution is -0.140. The zero-order valence-corrected chi connectivity index (χ0v) is 14.2. The number of likely N-dealkylation sites (tertiary alicyclic amines) is 1. The molecule has 2 aromatic rings. The minimum Gasteiger partial charge on any atom is -0.497 e. The summed E-state index contributed by atoms with van der Waals surface area (Å²) in [6, 6.07) is 15.9. The SMILES string of the molecule is COc1cccc(C(=O)O[C@H](C(=O)N2CCCC2)c2ccccc2)c1. The molecule has 3 rings (SSSR count). The monoisotopic (exact) mass is 339 g/mol. The van der Waals surface area contributed by atoms with E-state index in [2.05, 4.69) is 0 Å². The van der Waals surface area contributed by atoms with Crippen molar-refractivity contribution in [3.05, 3.63) is 65.7 Å². The Morgan fingerprint density at radius 3 is 2.40 bits per heavy atom. The number of rotatable bonds is 5. The standard InChI is InChI=1S/C20H21NO4/c1-24-17-11-7-10-16(14-17)20(23)25-18(15-8-3-2-4-9-15)19(22)21-12-5-6-13-21/h2-4,7-11,14,18H,5-6,12-13H2,1H3/t18-/m0/s1. The number of amides is 1. The Morgan fingerprint density at radius 2 is 1.72 bits per heavy atom. The van der Waals surface area contributed by atoms with Crippen LogP contribution in [0.15, 0.2) is 54.6 Å². The first-order valence-electron chi connectivity index (χ1n) is 8.38. The average Bonchev–Trinajstić information content (AvgIpc) is 3.21. The average molecular weight is 339 g/mol. The fourth-order valence-electron chi connectivity index (χ4n) is 2.92. The summed E-state index contributed by atoms with van der Waals surface area (Å²) < 4.78 is 10.8. The van der Waals surface area contributed by atoms with E-state index in [0.29, 0.717) is 30.0 Å². The van der Waals surface area contributed by atoms with Crippen LogP contribution < -0.4 is 4.74 Å². The largest absolute Gasteiger partial charge is 0.497 e. The van der Waals surface area contributed by atoms with Crippen molar-refractivity contribution in [2.24, 2.45) is 0 Å². The van der Waals surface area contributed by atoms with Gasteiger partial charge in [0, 0.05) is 18.7 Å². The molecule has 1 fully saturated rings. The van der Waals surface area contributed by atoms with E-state index >= 15 is 0 Å². The second-order valence-corrected chi connectivity index (χ2v) is 5.96. The normalized spacial score (nSPS) is 14.8. The van der Waals surface area contributed by atoms with Crippen LogP contribution in [0.4, 0.5) is 0 Å². The number of methoxy groups -OCH3 is 1. The molecule has 0 radical (unpaired) electrons. The van der Waals surface area contributed by atoms with Crippen molar-refractivity contribution in [2.75, 3.05) is 20.2 Å². The highest BCUT2D eigenvalue weighted by Gasteiger charge is 2.31. The molecule has 0 N–H and O–H groups in total. The van der Waals surface area contributed by atoms with Crippen molar-refractivity contribution in [1.29, 1.82) is 0 Å². The Bertz CT molecular complexity index is 738. The molecule has 0 saturated carbocycles. The Hall–Kier alpha value is -2.82. The topological polar surface area (TPSA) is 55.8 Å². The highest BCUT2D eigenvalue weighted by molar-refractivity contribution is 5.93. The molecule has 0 unspecified atom stereocenters. The molecule has 1 heterocycles. The molecule has 130 valence electrons. The van der Waals surface area contributed by atoms with Crippen LogP contribution >= 0.6 is 0 Å². The van der Waals surface area contributed by atoms with Crippen molar-refractivity contribution in [1.82, 2.24) is 4.90 Å². The molecular formula is C20H21NO4. The van der Waals surface area contributed by atoms with Crippen molar-refractivity contribution in [3.8, 4) is 5.75 Å². The number of ether oxygens (including phenoxy) is 2. The highest BCUT2D eigenvalue weighted by atomic mass is 16.5. The summed E-state index contributed by atoms with van der Waals surface area (Å²) in [6.07, 6.45) is 1.03. The van der Waals surface area contributed by atoms with Gasteiger partial charge < -0.3 is 14.4 Å². The van der Waals surface area contributed by atoms with Gasteiger partial charge in [0.25, 0.3) is 5.91 Å². The molecule has 0 aromatic heterocycles. The molecule has 1 aliphatic heterocycles. The number of hydrogen-bond acceptors (Lipinski definition) is 4. The lowest BCUT2D eigenvalue weighted by Crippen LogP contribution is -2.34. The molecule has 25 heavy (non-hydrogen) atoms. The van der Waals surface area contributed by atoms with Gasteiger partial charge in [-0.05, 0) is 31.0 Å². The van der Waals surface area contributed by atoms with Gasteiger partial charge in [0.05, 0.1) is 12.7 Å². The second kappa shape index (κ2) is 7.83. The van der Waals surface area contributed by atoms with Gasteiger partial charge >= 0.3 is 5.97 Å². The summed E-state index contributed by atoms with van der Waals surface area (Å²) in [5.41, 5.74) is 1.03. The van der Waals surface area contributed by atoms with E-state index < -0.39 is 12.1 Å². The van der Waals surface area contributed by atoms with Crippen LogP contribution in [-0.4, -0.2) is 37.0 Å². The Kier molecular flexibility index (Phi) is 5.33. The summed E-state index contributed by atoms with van der Waals surface area (Å²) in [5, 5.41) is 0. The third kappa shape index (κ3) is 3.99. The van der Waals surface area contributed by atoms with Gasteiger partial charge in [-0.3, -0.25) is 4.79 Å². The molecule has 1 amide bonds. The van der Waals surface area contributed by atoms with Gasteiger partial charge in [-0.15, -0.1) is 0 Å². The Morgan fingerprint density at radius 1 is 1.00 bits per heavy atom. The van der Waals surface area contributed by atoms with Gasteiger partial charge in [0.15, 0.2) is 0 Å². The van der Waals surface area contributed by atoms with Crippen LogP contribution in [0.3, 0.4) is 0 Å². The number of esters is 1. The van der Waals surface area contributed by atoms with Crippen LogP contribution in [0.25, 0.3) is 0 Å². The molecule has 5 heteroatoms. The Balaban J connectivity index is 1.84. The third-order valence-corrected chi connectivity index (χ3v) is 4.27. The van der Waals surface area contributed by atoms with Gasteiger partial charge in [0.2, 0.25) is 6.10 Å². The summed E-state index contributed by atoms with van der Waals surface area (Å²) in [6.45, 7) is 1.41. The van der Waals surface area contributed by atoms with Crippen LogP contribution in [0.2, 0.25) is 0 Å². The lowest BCUT2D eigenvalue weighted by Gasteiger charge is -2.23. The molecule has 2 aromatic carbocycles. The minimum absolute atomic E-state index is 0.167. The van der Waals surface area contributed by atoms with Crippen LogP contribution in [-0.2, 0) is 9.53 Å². The van der Waals surface area contributed by atoms with Crippen LogP contribution in [0.1, 0.15) is 34.9 Å². The van der Waals surface area contributed by atoms with Gasteiger partial charge in [0.1, 0.15) is 5.75 Å². The van der Waals surface area contributed by atoms with E-state index in [9.17, 15) is 9.59 Å². The first-order chi connectivity index (χ1) is 12.2. The maximum absolute atomic E-state index is 12.9.